The minimum atomic E-state index is -0.247. The molecule has 1 aromatic carbocycles. The zero-order valence-electron chi connectivity index (χ0n) is 11.6. The molecule has 1 fully saturated rings. The van der Waals surface area contributed by atoms with E-state index in [0.29, 0.717) is 31.4 Å². The summed E-state index contributed by atoms with van der Waals surface area (Å²) in [6.45, 7) is 5.89. The van der Waals surface area contributed by atoms with Crippen LogP contribution in [0.25, 0.3) is 0 Å². The van der Waals surface area contributed by atoms with Gasteiger partial charge in [-0.05, 0) is 30.0 Å². The van der Waals surface area contributed by atoms with Gasteiger partial charge < -0.3 is 15.2 Å². The molecule has 106 valence electrons. The fourth-order valence-corrected chi connectivity index (χ4v) is 2.22. The van der Waals surface area contributed by atoms with Crippen molar-refractivity contribution in [2.24, 2.45) is 11.3 Å². The van der Waals surface area contributed by atoms with Crippen molar-refractivity contribution in [3.8, 4) is 0 Å². The van der Waals surface area contributed by atoms with E-state index in [1.165, 1.54) is 0 Å². The van der Waals surface area contributed by atoms with Gasteiger partial charge in [0.15, 0.2) is 0 Å². The molecule has 3 nitrogen and oxygen atoms in total. The smallest absolute Gasteiger partial charge is 0.146 e. The number of halogens is 1. The van der Waals surface area contributed by atoms with Gasteiger partial charge in [0.25, 0.3) is 0 Å². The van der Waals surface area contributed by atoms with Crippen LogP contribution in [0.1, 0.15) is 19.4 Å². The van der Waals surface area contributed by atoms with Crippen molar-refractivity contribution in [3.63, 3.8) is 0 Å². The number of benzene rings is 1. The Hall–Kier alpha value is -1.13. The second kappa shape index (κ2) is 5.88. The highest BCUT2D eigenvalue weighted by molar-refractivity contribution is 5.46. The maximum absolute atomic E-state index is 13.9. The van der Waals surface area contributed by atoms with Gasteiger partial charge in [-0.15, -0.1) is 0 Å². The molecule has 0 unspecified atom stereocenters. The predicted molar refractivity (Wildman–Crippen MR) is 73.8 cm³/mol. The molecule has 0 amide bonds. The third-order valence-electron chi connectivity index (χ3n) is 3.48. The Morgan fingerprint density at radius 1 is 1.42 bits per heavy atom. The Bertz CT molecular complexity index is 425. The molecule has 1 saturated heterocycles. The summed E-state index contributed by atoms with van der Waals surface area (Å²) in [5, 5.41) is 12.4. The van der Waals surface area contributed by atoms with Gasteiger partial charge in [-0.1, -0.05) is 19.9 Å². The molecule has 19 heavy (non-hydrogen) atoms. The molecule has 1 aromatic rings. The normalized spacial score (nSPS) is 17.3. The van der Waals surface area contributed by atoms with Crippen LogP contribution >= 0.6 is 0 Å². The average Bonchev–Trinajstić information content (AvgIpc) is 2.30. The maximum Gasteiger partial charge on any atom is 0.146 e. The molecule has 1 heterocycles. The van der Waals surface area contributed by atoms with Gasteiger partial charge in [0.2, 0.25) is 0 Å². The van der Waals surface area contributed by atoms with Crippen LogP contribution in [0.15, 0.2) is 18.2 Å². The minimum absolute atomic E-state index is 0.0626. The van der Waals surface area contributed by atoms with E-state index in [1.807, 2.05) is 6.07 Å². The molecule has 1 aliphatic heterocycles. The molecule has 0 atom stereocenters. The molecule has 2 N–H and O–H groups in total. The molecule has 2 rings (SSSR count). The van der Waals surface area contributed by atoms with Gasteiger partial charge in [0.05, 0.1) is 30.9 Å². The Morgan fingerprint density at radius 3 is 2.63 bits per heavy atom. The van der Waals surface area contributed by atoms with Gasteiger partial charge in [0.1, 0.15) is 5.82 Å². The van der Waals surface area contributed by atoms with Crippen molar-refractivity contribution < 1.29 is 14.2 Å². The largest absolute Gasteiger partial charge is 0.396 e. The summed E-state index contributed by atoms with van der Waals surface area (Å²) in [4.78, 5) is 0. The van der Waals surface area contributed by atoms with Crippen LogP contribution in [0.2, 0.25) is 0 Å². The molecular formula is C15H22FNO2. The monoisotopic (exact) mass is 267 g/mol. The second-order valence-corrected chi connectivity index (χ2v) is 5.92. The van der Waals surface area contributed by atoms with Gasteiger partial charge in [-0.2, -0.15) is 0 Å². The van der Waals surface area contributed by atoms with Crippen LogP contribution in [0, 0.1) is 17.2 Å². The Balaban J connectivity index is 1.97. The van der Waals surface area contributed by atoms with Crippen molar-refractivity contribution in [1.82, 2.24) is 0 Å². The number of rotatable bonds is 6. The lowest BCUT2D eigenvalue weighted by Gasteiger charge is -2.40. The van der Waals surface area contributed by atoms with Crippen LogP contribution < -0.4 is 5.32 Å². The van der Waals surface area contributed by atoms with Crippen LogP contribution in [0.4, 0.5) is 10.1 Å². The third kappa shape index (κ3) is 3.45. The van der Waals surface area contributed by atoms with Crippen molar-refractivity contribution in [2.75, 3.05) is 31.7 Å². The second-order valence-electron chi connectivity index (χ2n) is 5.92. The first-order chi connectivity index (χ1) is 9.04. The van der Waals surface area contributed by atoms with Crippen LogP contribution in [0.3, 0.4) is 0 Å². The average molecular weight is 267 g/mol. The van der Waals surface area contributed by atoms with E-state index in [4.69, 9.17) is 4.74 Å². The number of hydrogen-bond acceptors (Lipinski definition) is 3. The first-order valence-corrected chi connectivity index (χ1v) is 6.75. The summed E-state index contributed by atoms with van der Waals surface area (Å²) >= 11 is 0. The van der Waals surface area contributed by atoms with E-state index >= 15 is 0 Å². The summed E-state index contributed by atoms with van der Waals surface area (Å²) in [5.41, 5.74) is 1.26. The number of nitrogens with one attached hydrogen (secondary N) is 1. The fraction of sp³-hybridized carbons (Fsp3) is 0.600. The SMILES string of the molecule is CC(C)Cc1ccc(NCC2(CO)COC2)c(F)c1. The molecule has 0 bridgehead atoms. The highest BCUT2D eigenvalue weighted by Gasteiger charge is 2.37. The van der Waals surface area contributed by atoms with E-state index in [2.05, 4.69) is 19.2 Å². The van der Waals surface area contributed by atoms with Crippen LogP contribution in [0.5, 0.6) is 0 Å². The van der Waals surface area contributed by atoms with Gasteiger partial charge >= 0.3 is 0 Å². The van der Waals surface area contributed by atoms with Crippen LogP contribution in [-0.4, -0.2) is 31.5 Å². The van der Waals surface area contributed by atoms with E-state index in [0.717, 1.165) is 12.0 Å². The predicted octanol–water partition coefficient (Wildman–Crippen LogP) is 2.45. The number of anilines is 1. The van der Waals surface area contributed by atoms with E-state index in [9.17, 15) is 9.50 Å². The Labute approximate surface area is 113 Å². The highest BCUT2D eigenvalue weighted by atomic mass is 19.1. The van der Waals surface area contributed by atoms with E-state index < -0.39 is 0 Å². The lowest BCUT2D eigenvalue weighted by molar-refractivity contribution is -0.128. The summed E-state index contributed by atoms with van der Waals surface area (Å²) in [5.74, 6) is 0.287. The van der Waals surface area contributed by atoms with Crippen molar-refractivity contribution in [2.45, 2.75) is 20.3 Å². The topological polar surface area (TPSA) is 41.5 Å². The molecule has 0 spiro atoms. The summed E-state index contributed by atoms with van der Waals surface area (Å²) < 4.78 is 19.1. The number of ether oxygens (including phenoxy) is 1. The van der Waals surface area contributed by atoms with Gasteiger partial charge in [-0.25, -0.2) is 4.39 Å². The maximum atomic E-state index is 13.9. The van der Waals surface area contributed by atoms with Crippen molar-refractivity contribution in [3.05, 3.63) is 29.6 Å². The Kier molecular flexibility index (Phi) is 4.42. The lowest BCUT2D eigenvalue weighted by atomic mass is 9.87. The molecular weight excluding hydrogens is 245 g/mol. The zero-order chi connectivity index (χ0) is 13.9. The molecule has 0 aromatic heterocycles. The third-order valence-corrected chi connectivity index (χ3v) is 3.48. The lowest BCUT2D eigenvalue weighted by Crippen LogP contribution is -2.50. The number of hydrogen-bond donors (Lipinski definition) is 2. The first-order valence-electron chi connectivity index (χ1n) is 6.75. The van der Waals surface area contributed by atoms with E-state index in [-0.39, 0.29) is 17.8 Å². The molecule has 0 aliphatic carbocycles. The molecule has 4 heteroatoms. The number of aliphatic hydroxyl groups is 1. The summed E-state index contributed by atoms with van der Waals surface area (Å²) in [7, 11) is 0. The number of aliphatic hydroxyl groups excluding tert-OH is 1. The van der Waals surface area contributed by atoms with Gasteiger partial charge in [0, 0.05) is 6.54 Å². The zero-order valence-corrected chi connectivity index (χ0v) is 11.6. The quantitative estimate of drug-likeness (QED) is 0.832. The minimum Gasteiger partial charge on any atom is -0.396 e. The molecule has 1 aliphatic rings. The standard InChI is InChI=1S/C15H22FNO2/c1-11(2)5-12-3-4-14(13(16)6-12)17-7-15(8-18)9-19-10-15/h3-4,6,11,17-18H,5,7-10H2,1-2H3. The fourth-order valence-electron chi connectivity index (χ4n) is 2.22. The van der Waals surface area contributed by atoms with Crippen molar-refractivity contribution in [1.29, 1.82) is 0 Å². The van der Waals surface area contributed by atoms with Gasteiger partial charge in [-0.3, -0.25) is 0 Å². The molecule has 0 saturated carbocycles. The molecule has 0 radical (unpaired) electrons. The van der Waals surface area contributed by atoms with Crippen LogP contribution in [-0.2, 0) is 11.2 Å². The van der Waals surface area contributed by atoms with Crippen molar-refractivity contribution >= 4 is 5.69 Å². The summed E-state index contributed by atoms with van der Waals surface area (Å²) in [6, 6.07) is 5.32. The first kappa shape index (κ1) is 14.3. The highest BCUT2D eigenvalue weighted by Crippen LogP contribution is 2.28. The Morgan fingerprint density at radius 2 is 2.16 bits per heavy atom. The summed E-state index contributed by atoms with van der Waals surface area (Å²) in [6.07, 6.45) is 0.881. The van der Waals surface area contributed by atoms with E-state index in [1.54, 1.807) is 12.1 Å².